The van der Waals surface area contributed by atoms with Gasteiger partial charge in [-0.15, -0.1) is 0 Å². The summed E-state index contributed by atoms with van der Waals surface area (Å²) in [6, 6.07) is 0. The lowest BCUT2D eigenvalue weighted by atomic mass is 9.90. The number of nitrogens with one attached hydrogen (secondary N) is 1. The number of carbonyl (C=O) groups is 1. The molecule has 4 nitrogen and oxygen atoms in total. The molecule has 16 heavy (non-hydrogen) atoms. The van der Waals surface area contributed by atoms with Crippen LogP contribution in [0, 0.1) is 0 Å². The van der Waals surface area contributed by atoms with Crippen molar-refractivity contribution in [2.45, 2.75) is 38.1 Å². The van der Waals surface area contributed by atoms with Crippen molar-refractivity contribution >= 4 is 5.97 Å². The molecule has 1 aliphatic heterocycles. The second-order valence-corrected chi connectivity index (χ2v) is 4.83. The first-order valence-electron chi connectivity index (χ1n) is 6.08. The van der Waals surface area contributed by atoms with Crippen molar-refractivity contribution < 1.29 is 9.53 Å². The van der Waals surface area contributed by atoms with Crippen LogP contribution in [0.1, 0.15) is 32.6 Å². The Kier molecular flexibility index (Phi) is 5.22. The van der Waals surface area contributed by atoms with Gasteiger partial charge in [0.1, 0.15) is 0 Å². The molecule has 4 heteroatoms. The summed E-state index contributed by atoms with van der Waals surface area (Å²) in [6.07, 6.45) is 3.81. The average molecular weight is 228 g/mol. The average Bonchev–Trinajstić information content (AvgIpc) is 2.31. The molecule has 1 heterocycles. The number of likely N-dealkylation sites (tertiary alicyclic amines) is 1. The number of piperidine rings is 1. The Morgan fingerprint density at radius 1 is 1.44 bits per heavy atom. The summed E-state index contributed by atoms with van der Waals surface area (Å²) < 4.78 is 4.62. The van der Waals surface area contributed by atoms with Crippen molar-refractivity contribution in [2.24, 2.45) is 0 Å². The second kappa shape index (κ2) is 6.21. The van der Waals surface area contributed by atoms with Crippen LogP contribution in [0.25, 0.3) is 0 Å². The predicted molar refractivity (Wildman–Crippen MR) is 64.4 cm³/mol. The van der Waals surface area contributed by atoms with Crippen LogP contribution in [-0.2, 0) is 9.53 Å². The van der Waals surface area contributed by atoms with Gasteiger partial charge in [-0.25, -0.2) is 0 Å². The molecule has 0 amide bonds. The molecule has 0 aromatic rings. The summed E-state index contributed by atoms with van der Waals surface area (Å²) in [7, 11) is 3.48. The number of ether oxygens (including phenoxy) is 1. The zero-order valence-corrected chi connectivity index (χ0v) is 10.7. The van der Waals surface area contributed by atoms with Gasteiger partial charge >= 0.3 is 5.97 Å². The number of hydrogen-bond acceptors (Lipinski definition) is 4. The molecule has 0 bridgehead atoms. The van der Waals surface area contributed by atoms with Gasteiger partial charge in [0, 0.05) is 12.0 Å². The van der Waals surface area contributed by atoms with E-state index in [1.807, 2.05) is 7.05 Å². The van der Waals surface area contributed by atoms with Gasteiger partial charge in [0.15, 0.2) is 0 Å². The first kappa shape index (κ1) is 13.5. The van der Waals surface area contributed by atoms with Crippen molar-refractivity contribution in [2.75, 3.05) is 33.8 Å². The topological polar surface area (TPSA) is 41.6 Å². The van der Waals surface area contributed by atoms with Gasteiger partial charge in [-0.1, -0.05) is 0 Å². The smallest absolute Gasteiger partial charge is 0.305 e. The molecule has 1 fully saturated rings. The Hall–Kier alpha value is -0.610. The molecule has 0 radical (unpaired) electrons. The van der Waals surface area contributed by atoms with E-state index in [-0.39, 0.29) is 5.97 Å². The van der Waals surface area contributed by atoms with E-state index in [0.717, 1.165) is 26.1 Å². The lowest BCUT2D eigenvalue weighted by Crippen LogP contribution is -2.50. The van der Waals surface area contributed by atoms with Crippen LogP contribution in [0.3, 0.4) is 0 Å². The van der Waals surface area contributed by atoms with E-state index in [9.17, 15) is 4.79 Å². The van der Waals surface area contributed by atoms with Crippen LogP contribution in [-0.4, -0.2) is 50.2 Å². The van der Waals surface area contributed by atoms with E-state index in [4.69, 9.17) is 0 Å². The number of esters is 1. The monoisotopic (exact) mass is 228 g/mol. The van der Waals surface area contributed by atoms with Gasteiger partial charge in [0.05, 0.1) is 7.11 Å². The van der Waals surface area contributed by atoms with Crippen LogP contribution in [0.4, 0.5) is 0 Å². The molecule has 0 saturated carbocycles. The van der Waals surface area contributed by atoms with Gasteiger partial charge in [-0.05, 0) is 52.9 Å². The van der Waals surface area contributed by atoms with Crippen molar-refractivity contribution in [1.29, 1.82) is 0 Å². The van der Waals surface area contributed by atoms with Crippen LogP contribution < -0.4 is 5.32 Å². The van der Waals surface area contributed by atoms with Crippen LogP contribution in [0.15, 0.2) is 0 Å². The molecule has 0 spiro atoms. The molecule has 0 aromatic heterocycles. The molecule has 0 aromatic carbocycles. The third-order valence-corrected chi connectivity index (χ3v) is 3.65. The first-order chi connectivity index (χ1) is 7.59. The highest BCUT2D eigenvalue weighted by atomic mass is 16.5. The Morgan fingerprint density at radius 3 is 2.56 bits per heavy atom. The highest BCUT2D eigenvalue weighted by Crippen LogP contribution is 2.21. The maximum atomic E-state index is 11.0. The summed E-state index contributed by atoms with van der Waals surface area (Å²) in [5, 5.41) is 3.38. The fourth-order valence-corrected chi connectivity index (χ4v) is 2.07. The van der Waals surface area contributed by atoms with Crippen molar-refractivity contribution in [3.05, 3.63) is 0 Å². The largest absolute Gasteiger partial charge is 0.469 e. The van der Waals surface area contributed by atoms with Gasteiger partial charge in [-0.3, -0.25) is 4.79 Å². The van der Waals surface area contributed by atoms with Crippen molar-refractivity contribution in [3.63, 3.8) is 0 Å². The zero-order chi connectivity index (χ0) is 12.0. The van der Waals surface area contributed by atoms with E-state index in [1.165, 1.54) is 20.0 Å². The molecule has 0 unspecified atom stereocenters. The second-order valence-electron chi connectivity index (χ2n) is 4.83. The third kappa shape index (κ3) is 4.10. The highest BCUT2D eigenvalue weighted by Gasteiger charge is 2.27. The number of methoxy groups -OCH3 is 1. The SMILES string of the molecule is CNC1(C)CCN(CCCC(=O)OC)CC1. The maximum Gasteiger partial charge on any atom is 0.305 e. The fraction of sp³-hybridized carbons (Fsp3) is 0.917. The third-order valence-electron chi connectivity index (χ3n) is 3.65. The fourth-order valence-electron chi connectivity index (χ4n) is 2.07. The zero-order valence-electron chi connectivity index (χ0n) is 10.7. The maximum absolute atomic E-state index is 11.0. The standard InChI is InChI=1S/C12H24N2O2/c1-12(13-2)6-9-14(10-7-12)8-4-5-11(15)16-3/h13H,4-10H2,1-3H3. The lowest BCUT2D eigenvalue weighted by molar-refractivity contribution is -0.140. The minimum Gasteiger partial charge on any atom is -0.469 e. The summed E-state index contributed by atoms with van der Waals surface area (Å²) in [4.78, 5) is 13.4. The van der Waals surface area contributed by atoms with E-state index in [0.29, 0.717) is 12.0 Å². The summed E-state index contributed by atoms with van der Waals surface area (Å²) in [5.41, 5.74) is 0.304. The number of nitrogens with zero attached hydrogens (tertiary/aromatic N) is 1. The molecule has 94 valence electrons. The van der Waals surface area contributed by atoms with E-state index < -0.39 is 0 Å². The van der Waals surface area contributed by atoms with E-state index >= 15 is 0 Å². The van der Waals surface area contributed by atoms with E-state index in [1.54, 1.807) is 0 Å². The van der Waals surface area contributed by atoms with Crippen LogP contribution in [0.5, 0.6) is 0 Å². The van der Waals surface area contributed by atoms with Gasteiger partial charge in [-0.2, -0.15) is 0 Å². The molecule has 0 aliphatic carbocycles. The van der Waals surface area contributed by atoms with Crippen molar-refractivity contribution in [1.82, 2.24) is 10.2 Å². The van der Waals surface area contributed by atoms with E-state index in [2.05, 4.69) is 21.9 Å². The summed E-state index contributed by atoms with van der Waals surface area (Å²) >= 11 is 0. The first-order valence-corrected chi connectivity index (χ1v) is 6.08. The molecule has 1 saturated heterocycles. The number of rotatable bonds is 5. The molecule has 1 rings (SSSR count). The van der Waals surface area contributed by atoms with Crippen LogP contribution >= 0.6 is 0 Å². The minimum absolute atomic E-state index is 0.0999. The molecule has 0 atom stereocenters. The molecular weight excluding hydrogens is 204 g/mol. The summed E-state index contributed by atoms with van der Waals surface area (Å²) in [5.74, 6) is -0.0999. The number of carbonyl (C=O) groups excluding carboxylic acids is 1. The highest BCUT2D eigenvalue weighted by molar-refractivity contribution is 5.69. The quantitative estimate of drug-likeness (QED) is 0.713. The van der Waals surface area contributed by atoms with Gasteiger partial charge in [0.2, 0.25) is 0 Å². The Balaban J connectivity index is 2.15. The Morgan fingerprint density at radius 2 is 2.06 bits per heavy atom. The molecule has 1 aliphatic rings. The lowest BCUT2D eigenvalue weighted by Gasteiger charge is -2.39. The van der Waals surface area contributed by atoms with Crippen LogP contribution in [0.2, 0.25) is 0 Å². The molecule has 1 N–H and O–H groups in total. The summed E-state index contributed by atoms with van der Waals surface area (Å²) in [6.45, 7) is 5.53. The minimum atomic E-state index is -0.0999. The predicted octanol–water partition coefficient (Wildman–Crippen LogP) is 1.01. The normalized spacial score (nSPS) is 20.7. The van der Waals surface area contributed by atoms with Gasteiger partial charge in [0.25, 0.3) is 0 Å². The molecular formula is C12H24N2O2. The Labute approximate surface area is 98.3 Å². The Bertz CT molecular complexity index is 223. The number of hydrogen-bond donors (Lipinski definition) is 1. The van der Waals surface area contributed by atoms with Crippen molar-refractivity contribution in [3.8, 4) is 0 Å². The van der Waals surface area contributed by atoms with Gasteiger partial charge < -0.3 is 15.0 Å².